The van der Waals surface area contributed by atoms with E-state index < -0.39 is 10.0 Å². The van der Waals surface area contributed by atoms with Crippen molar-refractivity contribution < 1.29 is 8.42 Å². The number of rotatable bonds is 3. The third-order valence-electron chi connectivity index (χ3n) is 3.46. The van der Waals surface area contributed by atoms with E-state index in [1.807, 2.05) is 0 Å². The van der Waals surface area contributed by atoms with Gasteiger partial charge in [-0.15, -0.1) is 0 Å². The minimum Gasteiger partial charge on any atom is -0.212 e. The van der Waals surface area contributed by atoms with Gasteiger partial charge in [0.05, 0.1) is 0 Å². The predicted octanol–water partition coefficient (Wildman–Crippen LogP) is 1.69. The van der Waals surface area contributed by atoms with Gasteiger partial charge >= 0.3 is 0 Å². The molecular weight excluding hydrogens is 254 g/mol. The molecule has 0 aromatic rings. The van der Waals surface area contributed by atoms with E-state index in [4.69, 9.17) is 0 Å². The number of alkyl halides is 1. The van der Waals surface area contributed by atoms with Crippen molar-refractivity contribution in [2.24, 2.45) is 10.8 Å². The summed E-state index contributed by atoms with van der Waals surface area (Å²) in [7, 11) is -3.13. The zero-order valence-electron chi connectivity index (χ0n) is 8.39. The number of halogens is 1. The maximum Gasteiger partial charge on any atom is 0.221 e. The van der Waals surface area contributed by atoms with E-state index >= 15 is 0 Å². The van der Waals surface area contributed by atoms with Gasteiger partial charge in [0.25, 0.3) is 0 Å². The van der Waals surface area contributed by atoms with Crippen molar-refractivity contribution in [3.05, 3.63) is 0 Å². The van der Waals surface area contributed by atoms with Gasteiger partial charge in [-0.05, 0) is 10.8 Å². The quantitative estimate of drug-likeness (QED) is 0.793. The molecule has 0 unspecified atom stereocenters. The largest absolute Gasteiger partial charge is 0.221 e. The normalized spacial score (nSPS) is 25.9. The number of nitrogens with one attached hydrogen (secondary N) is 1. The topological polar surface area (TPSA) is 46.2 Å². The first-order valence-corrected chi connectivity index (χ1v) is 6.98. The van der Waals surface area contributed by atoms with E-state index in [1.54, 1.807) is 0 Å². The molecule has 0 saturated heterocycles. The molecule has 0 atom stereocenters. The van der Waals surface area contributed by atoms with Crippen molar-refractivity contribution in [1.82, 2.24) is 4.72 Å². The van der Waals surface area contributed by atoms with Crippen LogP contribution in [0.3, 0.4) is 0 Å². The lowest BCUT2D eigenvalue weighted by atomic mass is 10.0. The lowest BCUT2D eigenvalue weighted by Crippen LogP contribution is -2.30. The van der Waals surface area contributed by atoms with Gasteiger partial charge in [-0.3, -0.25) is 0 Å². The standard InChI is InChI=1S/C8H16BrNO2S/c1-7(2)6(8(7,3)4)10-13(11,12)5-9/h6,10H,5H2,1-4H3. The number of hydrogen-bond donors (Lipinski definition) is 1. The summed E-state index contributed by atoms with van der Waals surface area (Å²) >= 11 is 2.95. The van der Waals surface area contributed by atoms with Crippen LogP contribution >= 0.6 is 15.9 Å². The summed E-state index contributed by atoms with van der Waals surface area (Å²) in [5, 5.41) is 0. The molecular formula is C8H16BrNO2S. The van der Waals surface area contributed by atoms with Gasteiger partial charge in [-0.25, -0.2) is 13.1 Å². The molecule has 0 aromatic carbocycles. The van der Waals surface area contributed by atoms with Crippen LogP contribution in [0.25, 0.3) is 0 Å². The van der Waals surface area contributed by atoms with Gasteiger partial charge in [0.2, 0.25) is 10.0 Å². The monoisotopic (exact) mass is 269 g/mol. The Morgan fingerprint density at radius 2 is 1.62 bits per heavy atom. The van der Waals surface area contributed by atoms with Crippen LogP contribution in [0.15, 0.2) is 0 Å². The Bertz CT molecular complexity index is 294. The Morgan fingerprint density at radius 1 is 1.23 bits per heavy atom. The molecule has 0 heterocycles. The molecule has 3 nitrogen and oxygen atoms in total. The first-order valence-electron chi connectivity index (χ1n) is 4.21. The molecule has 5 heteroatoms. The van der Waals surface area contributed by atoms with Crippen LogP contribution in [0.4, 0.5) is 0 Å². The first-order chi connectivity index (χ1) is 5.65. The summed E-state index contributed by atoms with van der Waals surface area (Å²) in [6, 6.07) is 0.0579. The second-order valence-corrected chi connectivity index (χ2v) is 7.78. The second kappa shape index (κ2) is 2.94. The number of hydrogen-bond acceptors (Lipinski definition) is 2. The van der Waals surface area contributed by atoms with Crippen LogP contribution in [-0.2, 0) is 10.0 Å². The summed E-state index contributed by atoms with van der Waals surface area (Å²) in [6.45, 7) is 8.31. The highest BCUT2D eigenvalue weighted by Crippen LogP contribution is 2.62. The van der Waals surface area contributed by atoms with Crippen molar-refractivity contribution in [2.45, 2.75) is 33.7 Å². The summed E-state index contributed by atoms with van der Waals surface area (Å²) in [5.74, 6) is 0. The molecule has 1 fully saturated rings. The zero-order chi connectivity index (χ0) is 10.5. The van der Waals surface area contributed by atoms with Gasteiger partial charge in [0.15, 0.2) is 0 Å². The van der Waals surface area contributed by atoms with Crippen molar-refractivity contribution in [1.29, 1.82) is 0 Å². The Balaban J connectivity index is 2.72. The van der Waals surface area contributed by atoms with E-state index in [-0.39, 0.29) is 21.5 Å². The first kappa shape index (κ1) is 11.5. The molecule has 0 spiro atoms. The fraction of sp³-hybridized carbons (Fsp3) is 1.00. The van der Waals surface area contributed by atoms with Crippen LogP contribution in [0.2, 0.25) is 0 Å². The molecule has 78 valence electrons. The van der Waals surface area contributed by atoms with Gasteiger partial charge in [-0.1, -0.05) is 43.6 Å². The zero-order valence-corrected chi connectivity index (χ0v) is 10.8. The minimum absolute atomic E-state index is 0.0251. The van der Waals surface area contributed by atoms with E-state index in [0.717, 1.165) is 0 Å². The van der Waals surface area contributed by atoms with Crippen molar-refractivity contribution in [2.75, 3.05) is 4.66 Å². The Labute approximate surface area is 88.5 Å². The molecule has 1 rings (SSSR count). The third kappa shape index (κ3) is 1.78. The highest BCUT2D eigenvalue weighted by Gasteiger charge is 2.65. The van der Waals surface area contributed by atoms with Crippen LogP contribution < -0.4 is 4.72 Å². The molecule has 13 heavy (non-hydrogen) atoms. The maximum absolute atomic E-state index is 11.3. The average Bonchev–Trinajstić information content (AvgIpc) is 2.33. The van der Waals surface area contributed by atoms with Crippen LogP contribution in [-0.4, -0.2) is 19.1 Å². The van der Waals surface area contributed by atoms with Crippen molar-refractivity contribution in [3.63, 3.8) is 0 Å². The van der Waals surface area contributed by atoms with Crippen molar-refractivity contribution in [3.8, 4) is 0 Å². The molecule has 1 aliphatic carbocycles. The fourth-order valence-corrected chi connectivity index (χ4v) is 3.11. The van der Waals surface area contributed by atoms with Gasteiger partial charge in [-0.2, -0.15) is 0 Å². The summed E-state index contributed by atoms with van der Waals surface area (Å²) in [4.78, 5) is 0. The highest BCUT2D eigenvalue weighted by atomic mass is 79.9. The van der Waals surface area contributed by atoms with Gasteiger partial charge in [0.1, 0.15) is 4.66 Å². The van der Waals surface area contributed by atoms with Crippen molar-refractivity contribution >= 4 is 26.0 Å². The average molecular weight is 270 g/mol. The van der Waals surface area contributed by atoms with Crippen LogP contribution in [0.1, 0.15) is 27.7 Å². The van der Waals surface area contributed by atoms with Gasteiger partial charge < -0.3 is 0 Å². The Kier molecular flexibility index (Phi) is 2.59. The number of sulfonamides is 1. The van der Waals surface area contributed by atoms with E-state index in [1.165, 1.54) is 0 Å². The predicted molar refractivity (Wildman–Crippen MR) is 57.2 cm³/mol. The molecule has 1 N–H and O–H groups in total. The van der Waals surface area contributed by atoms with Crippen LogP contribution in [0.5, 0.6) is 0 Å². The molecule has 0 radical (unpaired) electrons. The molecule has 1 aliphatic rings. The molecule has 1 saturated carbocycles. The molecule has 0 aliphatic heterocycles. The van der Waals surface area contributed by atoms with Gasteiger partial charge in [0, 0.05) is 6.04 Å². The molecule has 0 amide bonds. The Morgan fingerprint density at radius 3 is 1.85 bits per heavy atom. The van der Waals surface area contributed by atoms with E-state index in [9.17, 15) is 8.42 Å². The van der Waals surface area contributed by atoms with Crippen LogP contribution in [0, 0.1) is 10.8 Å². The highest BCUT2D eigenvalue weighted by molar-refractivity contribution is 9.10. The third-order valence-corrected chi connectivity index (χ3v) is 6.15. The molecule has 0 aromatic heterocycles. The minimum atomic E-state index is -3.13. The Hall–Kier alpha value is 0.390. The lowest BCUT2D eigenvalue weighted by Gasteiger charge is -2.04. The lowest BCUT2D eigenvalue weighted by molar-refractivity contribution is 0.457. The second-order valence-electron chi connectivity index (χ2n) is 4.72. The summed E-state index contributed by atoms with van der Waals surface area (Å²) < 4.78 is 25.2. The van der Waals surface area contributed by atoms with E-state index in [0.29, 0.717) is 0 Å². The van der Waals surface area contributed by atoms with E-state index in [2.05, 4.69) is 48.3 Å². The SMILES string of the molecule is CC1(C)C(NS(=O)(=O)CBr)C1(C)C. The molecule has 0 bridgehead atoms. The summed E-state index contributed by atoms with van der Waals surface area (Å²) in [5.41, 5.74) is 0.116. The summed E-state index contributed by atoms with van der Waals surface area (Å²) in [6.07, 6.45) is 0. The maximum atomic E-state index is 11.3. The fourth-order valence-electron chi connectivity index (χ4n) is 1.70. The smallest absolute Gasteiger partial charge is 0.212 e.